The molecule has 5 rings (SSSR count). The van der Waals surface area contributed by atoms with Crippen LogP contribution in [-0.4, -0.2) is 60.7 Å². The second-order valence-corrected chi connectivity index (χ2v) is 9.33. The first-order chi connectivity index (χ1) is 19.1. The number of hydrogen-bond acceptors (Lipinski definition) is 8. The molecule has 0 radical (unpaired) electrons. The Morgan fingerprint density at radius 1 is 1.05 bits per heavy atom. The molecule has 0 atom stereocenters. The third-order valence-electron chi connectivity index (χ3n) is 6.21. The van der Waals surface area contributed by atoms with Crippen LogP contribution in [0.4, 0.5) is 28.8 Å². The minimum atomic E-state index is -0.219. The van der Waals surface area contributed by atoms with E-state index >= 15 is 0 Å². The van der Waals surface area contributed by atoms with E-state index in [-0.39, 0.29) is 5.91 Å². The van der Waals surface area contributed by atoms with E-state index in [1.807, 2.05) is 42.5 Å². The normalized spacial score (nSPS) is 13.9. The van der Waals surface area contributed by atoms with E-state index in [0.717, 1.165) is 42.8 Å². The smallest absolute Gasteiger partial charge is 0.248 e. The summed E-state index contributed by atoms with van der Waals surface area (Å²) in [4.78, 5) is 23.6. The van der Waals surface area contributed by atoms with Gasteiger partial charge in [0.15, 0.2) is 5.82 Å². The lowest BCUT2D eigenvalue weighted by molar-refractivity contribution is -0.111. The standard InChI is InChI=1S/C29H29ClN6O3/c1-38-26-11-10-23(32-27(37)7-4-12-36-13-15-39-16-14-36)18-25(26)34-29-31-19-24(30)28(35-29)33-22-9-8-20-5-2-3-6-21(20)17-22/h2-11,17-19H,12-16H2,1H3,(H,32,37)(H2,31,33,34,35)/b7-4+. The topological polar surface area (TPSA) is 101 Å². The minimum Gasteiger partial charge on any atom is -0.495 e. The summed E-state index contributed by atoms with van der Waals surface area (Å²) in [5.41, 5.74) is 2.04. The van der Waals surface area contributed by atoms with Gasteiger partial charge in [-0.05, 0) is 41.1 Å². The van der Waals surface area contributed by atoms with E-state index in [0.29, 0.717) is 40.5 Å². The molecule has 2 heterocycles. The van der Waals surface area contributed by atoms with Crippen molar-refractivity contribution < 1.29 is 14.3 Å². The molecule has 9 nitrogen and oxygen atoms in total. The predicted molar refractivity (Wildman–Crippen MR) is 156 cm³/mol. The zero-order valence-corrected chi connectivity index (χ0v) is 22.2. The van der Waals surface area contributed by atoms with Crippen LogP contribution in [0.2, 0.25) is 5.02 Å². The van der Waals surface area contributed by atoms with Crippen LogP contribution in [0.25, 0.3) is 10.8 Å². The molecule has 1 aromatic heterocycles. The van der Waals surface area contributed by atoms with Crippen molar-refractivity contribution in [2.45, 2.75) is 0 Å². The summed E-state index contributed by atoms with van der Waals surface area (Å²) in [7, 11) is 1.57. The molecule has 200 valence electrons. The molecule has 1 saturated heterocycles. The van der Waals surface area contributed by atoms with Crippen molar-refractivity contribution in [3.63, 3.8) is 0 Å². The van der Waals surface area contributed by atoms with Crippen molar-refractivity contribution in [2.75, 3.05) is 55.9 Å². The van der Waals surface area contributed by atoms with Crippen LogP contribution in [0.1, 0.15) is 0 Å². The maximum atomic E-state index is 12.5. The summed E-state index contributed by atoms with van der Waals surface area (Å²) in [6.45, 7) is 3.88. The minimum absolute atomic E-state index is 0.219. The number of benzene rings is 3. The number of nitrogens with zero attached hydrogens (tertiary/aromatic N) is 3. The summed E-state index contributed by atoms with van der Waals surface area (Å²) < 4.78 is 10.8. The van der Waals surface area contributed by atoms with E-state index in [4.69, 9.17) is 21.1 Å². The molecule has 1 aliphatic heterocycles. The lowest BCUT2D eigenvalue weighted by atomic mass is 10.1. The molecule has 1 aliphatic rings. The molecule has 0 saturated carbocycles. The largest absolute Gasteiger partial charge is 0.495 e. The second kappa shape index (κ2) is 12.6. The number of methoxy groups -OCH3 is 1. The fourth-order valence-electron chi connectivity index (χ4n) is 4.20. The van der Waals surface area contributed by atoms with Crippen molar-refractivity contribution in [2.24, 2.45) is 0 Å². The molecule has 1 amide bonds. The highest BCUT2D eigenvalue weighted by Crippen LogP contribution is 2.31. The van der Waals surface area contributed by atoms with Gasteiger partial charge in [0.05, 0.1) is 32.2 Å². The van der Waals surface area contributed by atoms with Crippen LogP contribution in [-0.2, 0) is 9.53 Å². The SMILES string of the molecule is COc1ccc(NC(=O)/C=C/CN2CCOCC2)cc1Nc1ncc(Cl)c(Nc2ccc3ccccc3c2)n1. The number of halogens is 1. The fraction of sp³-hybridized carbons (Fsp3) is 0.207. The van der Waals surface area contributed by atoms with Crippen LogP contribution < -0.4 is 20.7 Å². The van der Waals surface area contributed by atoms with Crippen molar-refractivity contribution in [1.29, 1.82) is 0 Å². The van der Waals surface area contributed by atoms with Gasteiger partial charge in [-0.15, -0.1) is 0 Å². The predicted octanol–water partition coefficient (Wildman–Crippen LogP) is 5.61. The monoisotopic (exact) mass is 544 g/mol. The van der Waals surface area contributed by atoms with Crippen molar-refractivity contribution in [3.05, 3.63) is 84.0 Å². The highest BCUT2D eigenvalue weighted by Gasteiger charge is 2.12. The molecule has 10 heteroatoms. The molecule has 0 unspecified atom stereocenters. The molecule has 39 heavy (non-hydrogen) atoms. The molecule has 0 bridgehead atoms. The maximum Gasteiger partial charge on any atom is 0.248 e. The molecule has 3 aromatic carbocycles. The Kier molecular flexibility index (Phi) is 8.52. The van der Waals surface area contributed by atoms with Gasteiger partial charge in [-0.25, -0.2) is 4.98 Å². The van der Waals surface area contributed by atoms with Gasteiger partial charge in [0.1, 0.15) is 10.8 Å². The number of amides is 1. The van der Waals surface area contributed by atoms with Crippen molar-refractivity contribution in [3.8, 4) is 5.75 Å². The fourth-order valence-corrected chi connectivity index (χ4v) is 4.34. The number of morpholine rings is 1. The highest BCUT2D eigenvalue weighted by molar-refractivity contribution is 6.33. The van der Waals surface area contributed by atoms with Gasteiger partial charge in [0, 0.05) is 37.1 Å². The van der Waals surface area contributed by atoms with Gasteiger partial charge in [0.25, 0.3) is 0 Å². The number of carbonyl (C=O) groups excluding carboxylic acids is 1. The molecular formula is C29H29ClN6O3. The Morgan fingerprint density at radius 2 is 1.85 bits per heavy atom. The van der Waals surface area contributed by atoms with Gasteiger partial charge in [-0.3, -0.25) is 9.69 Å². The van der Waals surface area contributed by atoms with Gasteiger partial charge < -0.3 is 25.4 Å². The van der Waals surface area contributed by atoms with E-state index in [9.17, 15) is 4.79 Å². The van der Waals surface area contributed by atoms with Gasteiger partial charge >= 0.3 is 0 Å². The van der Waals surface area contributed by atoms with Crippen LogP contribution >= 0.6 is 11.6 Å². The third kappa shape index (κ3) is 7.02. The molecule has 3 N–H and O–H groups in total. The van der Waals surface area contributed by atoms with E-state index < -0.39 is 0 Å². The number of rotatable bonds is 9. The first-order valence-electron chi connectivity index (χ1n) is 12.6. The number of ether oxygens (including phenoxy) is 2. The van der Waals surface area contributed by atoms with E-state index in [1.54, 1.807) is 31.4 Å². The Hall–Kier alpha value is -4.18. The lowest BCUT2D eigenvalue weighted by Gasteiger charge is -2.25. The molecule has 4 aromatic rings. The zero-order valence-electron chi connectivity index (χ0n) is 21.5. The average molecular weight is 545 g/mol. The van der Waals surface area contributed by atoms with Crippen LogP contribution in [0, 0.1) is 0 Å². The van der Waals surface area contributed by atoms with Gasteiger partial charge in [-0.1, -0.05) is 48.0 Å². The number of carbonyl (C=O) groups is 1. The Morgan fingerprint density at radius 3 is 2.67 bits per heavy atom. The summed E-state index contributed by atoms with van der Waals surface area (Å²) in [5.74, 6) is 1.12. The molecule has 0 aliphatic carbocycles. The number of nitrogens with one attached hydrogen (secondary N) is 3. The van der Waals surface area contributed by atoms with Crippen molar-refractivity contribution in [1.82, 2.24) is 14.9 Å². The first-order valence-corrected chi connectivity index (χ1v) is 13.0. The lowest BCUT2D eigenvalue weighted by Crippen LogP contribution is -2.36. The molecule has 1 fully saturated rings. The Labute approximate surface area is 231 Å². The van der Waals surface area contributed by atoms with Crippen molar-refractivity contribution >= 4 is 57.1 Å². The highest BCUT2D eigenvalue weighted by atomic mass is 35.5. The van der Waals surface area contributed by atoms with Crippen LogP contribution in [0.3, 0.4) is 0 Å². The second-order valence-electron chi connectivity index (χ2n) is 8.92. The number of aromatic nitrogens is 2. The summed E-state index contributed by atoms with van der Waals surface area (Å²) in [5, 5.41) is 12.0. The summed E-state index contributed by atoms with van der Waals surface area (Å²) >= 11 is 6.40. The van der Waals surface area contributed by atoms with Gasteiger partial charge in [-0.2, -0.15) is 4.98 Å². The average Bonchev–Trinajstić information content (AvgIpc) is 2.95. The van der Waals surface area contributed by atoms with E-state index in [1.165, 1.54) is 6.20 Å². The van der Waals surface area contributed by atoms with E-state index in [2.05, 4.69) is 36.9 Å². The number of anilines is 5. The zero-order chi connectivity index (χ0) is 27.0. The molecular weight excluding hydrogens is 516 g/mol. The van der Waals surface area contributed by atoms with Crippen LogP contribution in [0.5, 0.6) is 5.75 Å². The maximum absolute atomic E-state index is 12.5. The number of fused-ring (bicyclic) bond motifs is 1. The van der Waals surface area contributed by atoms with Gasteiger partial charge in [0.2, 0.25) is 11.9 Å². The quantitative estimate of drug-likeness (QED) is 0.234. The molecule has 0 spiro atoms. The first kappa shape index (κ1) is 26.4. The third-order valence-corrected chi connectivity index (χ3v) is 6.48. The van der Waals surface area contributed by atoms with Crippen LogP contribution in [0.15, 0.2) is 79.0 Å². The summed E-state index contributed by atoms with van der Waals surface area (Å²) in [6.07, 6.45) is 4.92. The Balaban J connectivity index is 1.27. The Bertz CT molecular complexity index is 1490. The number of hydrogen-bond donors (Lipinski definition) is 3. The summed E-state index contributed by atoms with van der Waals surface area (Å²) in [6, 6.07) is 19.5.